The number of aromatic nitrogens is 1. The predicted molar refractivity (Wildman–Crippen MR) is 78.2 cm³/mol. The lowest BCUT2D eigenvalue weighted by atomic mass is 10.1. The second kappa shape index (κ2) is 5.45. The summed E-state index contributed by atoms with van der Waals surface area (Å²) in [6.45, 7) is 1.83. The third-order valence-electron chi connectivity index (χ3n) is 3.66. The Morgan fingerprint density at radius 2 is 2.26 bits per heavy atom. The number of nitrogen functional groups attached to an aromatic ring is 1. The molecule has 1 saturated heterocycles. The number of rotatable bonds is 4. The van der Waals surface area contributed by atoms with E-state index in [9.17, 15) is 0 Å². The van der Waals surface area contributed by atoms with E-state index in [1.807, 2.05) is 24.4 Å². The van der Waals surface area contributed by atoms with Crippen LogP contribution in [0.1, 0.15) is 19.3 Å². The molecule has 1 aliphatic rings. The summed E-state index contributed by atoms with van der Waals surface area (Å²) >= 11 is 0. The van der Waals surface area contributed by atoms with Crippen molar-refractivity contribution in [2.24, 2.45) is 0 Å². The molecule has 2 aromatic rings. The summed E-state index contributed by atoms with van der Waals surface area (Å²) < 4.78 is 5.63. The number of nitrogens with one attached hydrogen (secondary N) is 1. The third-order valence-corrected chi connectivity index (χ3v) is 3.66. The lowest BCUT2D eigenvalue weighted by Crippen LogP contribution is -2.12. The minimum Gasteiger partial charge on any atom is -0.398 e. The Kier molecular flexibility index (Phi) is 3.51. The van der Waals surface area contributed by atoms with Crippen LogP contribution in [0.5, 0.6) is 0 Å². The second-order valence-electron chi connectivity index (χ2n) is 4.97. The van der Waals surface area contributed by atoms with Gasteiger partial charge in [-0.2, -0.15) is 0 Å². The molecule has 1 fully saturated rings. The van der Waals surface area contributed by atoms with Crippen molar-refractivity contribution in [3.05, 3.63) is 30.6 Å². The van der Waals surface area contributed by atoms with E-state index in [0.717, 1.165) is 41.7 Å². The SMILES string of the molecule is Nc1ccc(NCCC2CCCO2)c2cnccc12. The van der Waals surface area contributed by atoms with Crippen LogP contribution in [-0.2, 0) is 4.74 Å². The number of fused-ring (bicyclic) bond motifs is 1. The van der Waals surface area contributed by atoms with E-state index in [2.05, 4.69) is 10.3 Å². The molecule has 3 N–H and O–H groups in total. The molecule has 1 aromatic carbocycles. The third kappa shape index (κ3) is 2.63. The summed E-state index contributed by atoms with van der Waals surface area (Å²) in [5.74, 6) is 0. The molecule has 0 spiro atoms. The van der Waals surface area contributed by atoms with Gasteiger partial charge in [0.15, 0.2) is 0 Å². The molecule has 3 rings (SSSR count). The summed E-state index contributed by atoms with van der Waals surface area (Å²) in [5.41, 5.74) is 7.86. The van der Waals surface area contributed by atoms with Crippen molar-refractivity contribution in [1.82, 2.24) is 4.98 Å². The Balaban J connectivity index is 1.72. The van der Waals surface area contributed by atoms with Gasteiger partial charge in [-0.25, -0.2) is 0 Å². The zero-order valence-electron chi connectivity index (χ0n) is 10.9. The summed E-state index contributed by atoms with van der Waals surface area (Å²) in [6, 6.07) is 5.92. The Labute approximate surface area is 113 Å². The number of ether oxygens (including phenoxy) is 1. The fourth-order valence-corrected chi connectivity index (χ4v) is 2.61. The monoisotopic (exact) mass is 257 g/mol. The molecule has 1 atom stereocenters. The minimum absolute atomic E-state index is 0.422. The Morgan fingerprint density at radius 1 is 1.32 bits per heavy atom. The van der Waals surface area contributed by atoms with Gasteiger partial charge in [-0.3, -0.25) is 4.98 Å². The Hall–Kier alpha value is -1.81. The maximum Gasteiger partial charge on any atom is 0.0592 e. The van der Waals surface area contributed by atoms with Crippen LogP contribution < -0.4 is 11.1 Å². The van der Waals surface area contributed by atoms with Crippen LogP contribution in [-0.4, -0.2) is 24.2 Å². The fraction of sp³-hybridized carbons (Fsp3) is 0.400. The Morgan fingerprint density at radius 3 is 3.11 bits per heavy atom. The van der Waals surface area contributed by atoms with Crippen molar-refractivity contribution in [1.29, 1.82) is 0 Å². The predicted octanol–water partition coefficient (Wildman–Crippen LogP) is 2.80. The van der Waals surface area contributed by atoms with Gasteiger partial charge in [0.2, 0.25) is 0 Å². The van der Waals surface area contributed by atoms with Gasteiger partial charge in [-0.05, 0) is 37.5 Å². The lowest BCUT2D eigenvalue weighted by Gasteiger charge is -2.13. The van der Waals surface area contributed by atoms with Crippen LogP contribution in [0.2, 0.25) is 0 Å². The van der Waals surface area contributed by atoms with Crippen molar-refractivity contribution in [3.63, 3.8) is 0 Å². The van der Waals surface area contributed by atoms with Crippen molar-refractivity contribution in [3.8, 4) is 0 Å². The number of hydrogen-bond acceptors (Lipinski definition) is 4. The first-order chi connectivity index (χ1) is 9.34. The van der Waals surface area contributed by atoms with Gasteiger partial charge in [0, 0.05) is 47.7 Å². The molecule has 4 heteroatoms. The van der Waals surface area contributed by atoms with Gasteiger partial charge < -0.3 is 15.8 Å². The van der Waals surface area contributed by atoms with Gasteiger partial charge in [-0.15, -0.1) is 0 Å². The summed E-state index contributed by atoms with van der Waals surface area (Å²) in [7, 11) is 0. The molecular weight excluding hydrogens is 238 g/mol. The highest BCUT2D eigenvalue weighted by molar-refractivity contribution is 6.00. The van der Waals surface area contributed by atoms with Gasteiger partial charge >= 0.3 is 0 Å². The van der Waals surface area contributed by atoms with E-state index >= 15 is 0 Å². The van der Waals surface area contributed by atoms with E-state index in [1.165, 1.54) is 12.8 Å². The zero-order valence-corrected chi connectivity index (χ0v) is 10.9. The van der Waals surface area contributed by atoms with Crippen LogP contribution >= 0.6 is 0 Å². The molecular formula is C15H19N3O. The highest BCUT2D eigenvalue weighted by Gasteiger charge is 2.14. The summed E-state index contributed by atoms with van der Waals surface area (Å²) in [6.07, 6.45) is 7.48. The second-order valence-corrected chi connectivity index (χ2v) is 4.97. The zero-order chi connectivity index (χ0) is 13.1. The maximum atomic E-state index is 5.98. The molecule has 19 heavy (non-hydrogen) atoms. The number of benzene rings is 1. The first-order valence-electron chi connectivity index (χ1n) is 6.82. The lowest BCUT2D eigenvalue weighted by molar-refractivity contribution is 0.107. The van der Waals surface area contributed by atoms with Crippen molar-refractivity contribution in [2.45, 2.75) is 25.4 Å². The minimum atomic E-state index is 0.422. The van der Waals surface area contributed by atoms with Crippen LogP contribution in [0.3, 0.4) is 0 Å². The summed E-state index contributed by atoms with van der Waals surface area (Å²) in [4.78, 5) is 4.18. The van der Waals surface area contributed by atoms with E-state index in [0.29, 0.717) is 6.10 Å². The summed E-state index contributed by atoms with van der Waals surface area (Å²) in [5, 5.41) is 5.60. The quantitative estimate of drug-likeness (QED) is 0.827. The molecule has 1 aromatic heterocycles. The molecule has 1 aliphatic heterocycles. The van der Waals surface area contributed by atoms with Gasteiger partial charge in [0.05, 0.1) is 6.10 Å². The molecule has 100 valence electrons. The normalized spacial score (nSPS) is 18.8. The van der Waals surface area contributed by atoms with E-state index in [-0.39, 0.29) is 0 Å². The average molecular weight is 257 g/mol. The number of nitrogens with two attached hydrogens (primary N) is 1. The highest BCUT2D eigenvalue weighted by Crippen LogP contribution is 2.27. The maximum absolute atomic E-state index is 5.98. The molecule has 0 saturated carbocycles. The van der Waals surface area contributed by atoms with Crippen molar-refractivity contribution in [2.75, 3.05) is 24.2 Å². The first-order valence-corrected chi connectivity index (χ1v) is 6.82. The number of hydrogen-bond donors (Lipinski definition) is 2. The molecule has 4 nitrogen and oxygen atoms in total. The van der Waals surface area contributed by atoms with Gasteiger partial charge in [0.25, 0.3) is 0 Å². The van der Waals surface area contributed by atoms with Crippen LogP contribution in [0.15, 0.2) is 30.6 Å². The molecule has 1 unspecified atom stereocenters. The van der Waals surface area contributed by atoms with Crippen LogP contribution in [0.25, 0.3) is 10.8 Å². The van der Waals surface area contributed by atoms with Crippen molar-refractivity contribution < 1.29 is 4.74 Å². The Bertz CT molecular complexity index is 564. The van der Waals surface area contributed by atoms with Gasteiger partial charge in [0.1, 0.15) is 0 Å². The standard InChI is InChI=1S/C15H19N3O/c16-14-3-4-15(13-10-17-7-6-12(13)14)18-8-5-11-2-1-9-19-11/h3-4,6-7,10-11,18H,1-2,5,8-9,16H2. The van der Waals surface area contributed by atoms with Gasteiger partial charge in [-0.1, -0.05) is 0 Å². The van der Waals surface area contributed by atoms with Crippen LogP contribution in [0, 0.1) is 0 Å². The molecule has 0 radical (unpaired) electrons. The largest absolute Gasteiger partial charge is 0.398 e. The molecule has 0 amide bonds. The fourth-order valence-electron chi connectivity index (χ4n) is 2.61. The van der Waals surface area contributed by atoms with E-state index < -0.39 is 0 Å². The van der Waals surface area contributed by atoms with E-state index in [4.69, 9.17) is 10.5 Å². The molecule has 2 heterocycles. The van der Waals surface area contributed by atoms with Crippen molar-refractivity contribution >= 4 is 22.1 Å². The number of pyridine rings is 1. The number of nitrogens with zero attached hydrogens (tertiary/aromatic N) is 1. The topological polar surface area (TPSA) is 60.2 Å². The molecule has 0 bridgehead atoms. The smallest absolute Gasteiger partial charge is 0.0592 e. The van der Waals surface area contributed by atoms with E-state index in [1.54, 1.807) is 6.20 Å². The highest BCUT2D eigenvalue weighted by atomic mass is 16.5. The average Bonchev–Trinajstić information content (AvgIpc) is 2.95. The first kappa shape index (κ1) is 12.2. The molecule has 0 aliphatic carbocycles. The number of anilines is 2. The van der Waals surface area contributed by atoms with Crippen LogP contribution in [0.4, 0.5) is 11.4 Å².